The van der Waals surface area contributed by atoms with Crippen LogP contribution >= 0.6 is 0 Å². The molecule has 2 radical (unpaired) electrons. The summed E-state index contributed by atoms with van der Waals surface area (Å²) >= 11 is 0. The molecule has 0 spiro atoms. The highest BCUT2D eigenvalue weighted by molar-refractivity contribution is 6.08. The van der Waals surface area contributed by atoms with Crippen molar-refractivity contribution >= 4 is 13.9 Å². The number of hydrogen-bond donors (Lipinski definition) is 1. The summed E-state index contributed by atoms with van der Waals surface area (Å²) in [7, 11) is 5.25. The van der Waals surface area contributed by atoms with Gasteiger partial charge in [-0.2, -0.15) is 0 Å². The van der Waals surface area contributed by atoms with Gasteiger partial charge in [-0.05, 0) is 27.2 Å². The van der Waals surface area contributed by atoms with Crippen LogP contribution in [0.25, 0.3) is 0 Å². The third-order valence-electron chi connectivity index (χ3n) is 1.05. The smallest absolute Gasteiger partial charge is 0.407 e. The number of alkyl carbamates (subject to hydrolysis) is 1. The Labute approximate surface area is 89.0 Å². The Kier molecular flexibility index (Phi) is 10.1. The number of amides is 1. The molecule has 0 aliphatic heterocycles. The van der Waals surface area contributed by atoms with Gasteiger partial charge in [-0.25, -0.2) is 4.79 Å². The molecule has 0 atom stereocenters. The fourth-order valence-corrected chi connectivity index (χ4v) is 0.607. The van der Waals surface area contributed by atoms with Gasteiger partial charge in [-0.1, -0.05) is 20.2 Å². The van der Waals surface area contributed by atoms with Crippen molar-refractivity contribution in [2.24, 2.45) is 0 Å². The largest absolute Gasteiger partial charge is 0.444 e. The molecule has 14 heavy (non-hydrogen) atoms. The molecule has 0 heterocycles. The second-order valence-electron chi connectivity index (χ2n) is 3.57. The Balaban J connectivity index is 0. The van der Waals surface area contributed by atoms with Crippen LogP contribution in [0.5, 0.6) is 0 Å². The molecular formula is C10H22BNO2. The zero-order valence-corrected chi connectivity index (χ0v) is 10.0. The molecule has 82 valence electrons. The molecule has 0 bridgehead atoms. The van der Waals surface area contributed by atoms with Crippen LogP contribution in [0.2, 0.25) is 6.32 Å². The van der Waals surface area contributed by atoms with E-state index in [-0.39, 0.29) is 6.09 Å². The lowest BCUT2D eigenvalue weighted by Crippen LogP contribution is -2.32. The SMILES string of the molecule is CC.[B]CCCNC(=O)OC(C)(C)C. The molecular weight excluding hydrogens is 177 g/mol. The second-order valence-corrected chi connectivity index (χ2v) is 3.57. The van der Waals surface area contributed by atoms with Crippen LogP contribution in [0.3, 0.4) is 0 Å². The zero-order chi connectivity index (χ0) is 11.6. The Bertz CT molecular complexity index is 144. The summed E-state index contributed by atoms with van der Waals surface area (Å²) in [5.41, 5.74) is -0.424. The van der Waals surface area contributed by atoms with Crippen LogP contribution in [0.1, 0.15) is 41.0 Å². The minimum absolute atomic E-state index is 0.379. The van der Waals surface area contributed by atoms with Crippen LogP contribution in [-0.4, -0.2) is 26.1 Å². The highest BCUT2D eigenvalue weighted by atomic mass is 16.6. The van der Waals surface area contributed by atoms with Crippen molar-refractivity contribution in [1.82, 2.24) is 5.32 Å². The summed E-state index contributed by atoms with van der Waals surface area (Å²) in [5, 5.41) is 2.60. The van der Waals surface area contributed by atoms with Gasteiger partial charge in [-0.15, -0.1) is 0 Å². The van der Waals surface area contributed by atoms with E-state index in [0.29, 0.717) is 12.9 Å². The first-order valence-corrected chi connectivity index (χ1v) is 5.12. The van der Waals surface area contributed by atoms with Crippen LogP contribution in [0, 0.1) is 0 Å². The number of nitrogens with one attached hydrogen (secondary N) is 1. The first-order valence-electron chi connectivity index (χ1n) is 5.12. The van der Waals surface area contributed by atoms with E-state index in [1.807, 2.05) is 34.6 Å². The standard InChI is InChI=1S/C8H16BNO2.C2H6/c1-8(2,3)12-7(11)10-6-4-5-9;1-2/h4-6H2,1-3H3,(H,10,11);1-2H3. The van der Waals surface area contributed by atoms with E-state index in [1.54, 1.807) is 0 Å². The first-order chi connectivity index (χ1) is 6.45. The van der Waals surface area contributed by atoms with Gasteiger partial charge in [-0.3, -0.25) is 0 Å². The van der Waals surface area contributed by atoms with Gasteiger partial charge in [0, 0.05) is 6.54 Å². The molecule has 1 N–H and O–H groups in total. The quantitative estimate of drug-likeness (QED) is 0.560. The topological polar surface area (TPSA) is 38.3 Å². The molecule has 3 nitrogen and oxygen atoms in total. The van der Waals surface area contributed by atoms with Crippen molar-refractivity contribution in [3.63, 3.8) is 0 Å². The summed E-state index contributed by atoms with van der Waals surface area (Å²) in [5.74, 6) is 0. The highest BCUT2D eigenvalue weighted by Gasteiger charge is 2.14. The Morgan fingerprint density at radius 1 is 1.36 bits per heavy atom. The average molecular weight is 199 g/mol. The molecule has 4 heteroatoms. The molecule has 0 unspecified atom stereocenters. The van der Waals surface area contributed by atoms with E-state index in [1.165, 1.54) is 0 Å². The third-order valence-corrected chi connectivity index (χ3v) is 1.05. The van der Waals surface area contributed by atoms with E-state index in [2.05, 4.69) is 5.32 Å². The average Bonchev–Trinajstić information content (AvgIpc) is 2.05. The molecule has 0 saturated heterocycles. The predicted octanol–water partition coefficient (Wildman–Crippen LogP) is 2.51. The van der Waals surface area contributed by atoms with E-state index in [9.17, 15) is 4.79 Å². The number of ether oxygens (including phenoxy) is 1. The van der Waals surface area contributed by atoms with Gasteiger partial charge in [0.25, 0.3) is 0 Å². The van der Waals surface area contributed by atoms with E-state index >= 15 is 0 Å². The van der Waals surface area contributed by atoms with Crippen LogP contribution in [0.4, 0.5) is 4.79 Å². The lowest BCUT2D eigenvalue weighted by Gasteiger charge is -2.19. The van der Waals surface area contributed by atoms with Gasteiger partial charge in [0.1, 0.15) is 5.60 Å². The zero-order valence-electron chi connectivity index (χ0n) is 10.0. The summed E-state index contributed by atoms with van der Waals surface area (Å²) in [6.45, 7) is 10.1. The maximum Gasteiger partial charge on any atom is 0.407 e. The molecule has 1 amide bonds. The van der Waals surface area contributed by atoms with Gasteiger partial charge in [0.15, 0.2) is 0 Å². The maximum absolute atomic E-state index is 11.0. The van der Waals surface area contributed by atoms with E-state index in [0.717, 1.165) is 6.42 Å². The Hall–Kier alpha value is -0.665. The van der Waals surface area contributed by atoms with Crippen molar-refractivity contribution in [3.8, 4) is 0 Å². The number of rotatable bonds is 3. The minimum Gasteiger partial charge on any atom is -0.444 e. The van der Waals surface area contributed by atoms with E-state index < -0.39 is 5.60 Å². The van der Waals surface area contributed by atoms with Crippen LogP contribution in [0.15, 0.2) is 0 Å². The molecule has 0 fully saturated rings. The third kappa shape index (κ3) is 13.9. The molecule has 0 aliphatic carbocycles. The predicted molar refractivity (Wildman–Crippen MR) is 60.8 cm³/mol. The minimum atomic E-state index is -0.424. The monoisotopic (exact) mass is 199 g/mol. The lowest BCUT2D eigenvalue weighted by atomic mass is 10.0. The molecule has 0 aromatic rings. The molecule has 0 aromatic carbocycles. The summed E-state index contributed by atoms with van der Waals surface area (Å²) < 4.78 is 4.99. The van der Waals surface area contributed by atoms with Crippen molar-refractivity contribution in [2.45, 2.75) is 53.0 Å². The second kappa shape index (κ2) is 8.91. The first kappa shape index (κ1) is 15.8. The normalized spacial score (nSPS) is 9.79. The highest BCUT2D eigenvalue weighted by Crippen LogP contribution is 2.06. The number of hydrogen-bond acceptors (Lipinski definition) is 2. The fraction of sp³-hybridized carbons (Fsp3) is 0.900. The molecule has 0 rings (SSSR count). The Morgan fingerprint density at radius 3 is 2.21 bits per heavy atom. The van der Waals surface area contributed by atoms with Crippen LogP contribution in [-0.2, 0) is 4.74 Å². The van der Waals surface area contributed by atoms with Gasteiger partial charge < -0.3 is 10.1 Å². The van der Waals surface area contributed by atoms with Crippen molar-refractivity contribution < 1.29 is 9.53 Å². The van der Waals surface area contributed by atoms with Crippen LogP contribution < -0.4 is 5.32 Å². The van der Waals surface area contributed by atoms with Crippen molar-refractivity contribution in [2.75, 3.05) is 6.54 Å². The number of carbonyl (C=O) groups is 1. The van der Waals surface area contributed by atoms with Crippen molar-refractivity contribution in [1.29, 1.82) is 0 Å². The van der Waals surface area contributed by atoms with E-state index in [4.69, 9.17) is 12.6 Å². The van der Waals surface area contributed by atoms with Gasteiger partial charge in [0.2, 0.25) is 0 Å². The maximum atomic E-state index is 11.0. The van der Waals surface area contributed by atoms with Gasteiger partial charge >= 0.3 is 6.09 Å². The summed E-state index contributed by atoms with van der Waals surface area (Å²) in [6, 6.07) is 0. The Morgan fingerprint density at radius 2 is 1.86 bits per heavy atom. The summed E-state index contributed by atoms with van der Waals surface area (Å²) in [4.78, 5) is 11.0. The van der Waals surface area contributed by atoms with Crippen molar-refractivity contribution in [3.05, 3.63) is 0 Å². The molecule has 0 saturated carbocycles. The fourth-order valence-electron chi connectivity index (χ4n) is 0.607. The molecule has 0 aromatic heterocycles. The number of carbonyl (C=O) groups excluding carboxylic acids is 1. The van der Waals surface area contributed by atoms with Gasteiger partial charge in [0.05, 0.1) is 7.85 Å². The lowest BCUT2D eigenvalue weighted by molar-refractivity contribution is 0.0528. The summed E-state index contributed by atoms with van der Waals surface area (Å²) in [6.07, 6.45) is 0.977. The molecule has 0 aliphatic rings.